The Kier molecular flexibility index (Phi) is 3.19. The third kappa shape index (κ3) is 3.14. The van der Waals surface area contributed by atoms with Crippen LogP contribution in [0.25, 0.3) is 0 Å². The van der Waals surface area contributed by atoms with Gasteiger partial charge in [-0.2, -0.15) is 0 Å². The topological polar surface area (TPSA) is 76.2 Å². The van der Waals surface area contributed by atoms with E-state index in [0.29, 0.717) is 18.5 Å². The van der Waals surface area contributed by atoms with Gasteiger partial charge in [-0.3, -0.25) is 0 Å². The molecule has 1 heterocycles. The Morgan fingerprint density at radius 2 is 2.43 bits per heavy atom. The van der Waals surface area contributed by atoms with Gasteiger partial charge in [0.1, 0.15) is 12.1 Å². The maximum atomic E-state index is 10.3. The van der Waals surface area contributed by atoms with Crippen LogP contribution in [0.1, 0.15) is 18.9 Å². The molecule has 1 aromatic rings. The van der Waals surface area contributed by atoms with Crippen LogP contribution >= 0.6 is 0 Å². The second-order valence-electron chi connectivity index (χ2n) is 3.63. The van der Waals surface area contributed by atoms with Gasteiger partial charge in [-0.1, -0.05) is 0 Å². The summed E-state index contributed by atoms with van der Waals surface area (Å²) in [6, 6.07) is 3.47. The number of nitrogen functional groups attached to an aromatic ring is 1. The molecule has 1 aromatic heterocycles. The summed E-state index contributed by atoms with van der Waals surface area (Å²) < 4.78 is 0. The minimum Gasteiger partial charge on any atom is -0.389 e. The van der Waals surface area contributed by atoms with Crippen molar-refractivity contribution in [3.63, 3.8) is 0 Å². The van der Waals surface area contributed by atoms with Crippen molar-refractivity contribution < 1.29 is 9.90 Å². The zero-order valence-corrected chi connectivity index (χ0v) is 8.10. The van der Waals surface area contributed by atoms with Crippen molar-refractivity contribution in [3.05, 3.63) is 23.9 Å². The van der Waals surface area contributed by atoms with Crippen molar-refractivity contribution in [2.75, 3.05) is 5.73 Å². The normalized spacial score (nSPS) is 14.7. The molecule has 0 saturated heterocycles. The number of hydrogen-bond acceptors (Lipinski definition) is 4. The Labute approximate surface area is 82.8 Å². The van der Waals surface area contributed by atoms with Crippen LogP contribution < -0.4 is 5.73 Å². The maximum Gasteiger partial charge on any atom is 0.123 e. The van der Waals surface area contributed by atoms with Crippen LogP contribution in [-0.2, 0) is 11.2 Å². The number of aromatic nitrogens is 1. The molecule has 1 unspecified atom stereocenters. The minimum absolute atomic E-state index is 0.120. The molecule has 3 N–H and O–H groups in total. The van der Waals surface area contributed by atoms with Crippen molar-refractivity contribution in [1.82, 2.24) is 4.98 Å². The van der Waals surface area contributed by atoms with Gasteiger partial charge in [-0.25, -0.2) is 4.98 Å². The minimum atomic E-state index is -1.00. The number of anilines is 1. The van der Waals surface area contributed by atoms with E-state index < -0.39 is 5.60 Å². The van der Waals surface area contributed by atoms with E-state index in [2.05, 4.69) is 4.98 Å². The molecule has 76 valence electrons. The lowest BCUT2D eigenvalue weighted by molar-refractivity contribution is -0.111. The summed E-state index contributed by atoms with van der Waals surface area (Å²) in [6.07, 6.45) is 2.82. The van der Waals surface area contributed by atoms with E-state index in [4.69, 9.17) is 5.73 Å². The molecule has 0 radical (unpaired) electrons. The van der Waals surface area contributed by atoms with Crippen LogP contribution in [0, 0.1) is 0 Å². The largest absolute Gasteiger partial charge is 0.389 e. The quantitative estimate of drug-likeness (QED) is 0.686. The van der Waals surface area contributed by atoms with Crippen LogP contribution in [0.3, 0.4) is 0 Å². The van der Waals surface area contributed by atoms with E-state index in [0.717, 1.165) is 5.56 Å². The van der Waals surface area contributed by atoms with Gasteiger partial charge >= 0.3 is 0 Å². The van der Waals surface area contributed by atoms with Gasteiger partial charge in [-0.15, -0.1) is 0 Å². The highest BCUT2D eigenvalue weighted by Crippen LogP contribution is 2.16. The van der Waals surface area contributed by atoms with Gasteiger partial charge in [0.2, 0.25) is 0 Å². The molecule has 0 aliphatic carbocycles. The molecule has 0 aliphatic rings. The van der Waals surface area contributed by atoms with Crippen LogP contribution in [0.2, 0.25) is 0 Å². The van der Waals surface area contributed by atoms with E-state index in [1.807, 2.05) is 0 Å². The molecule has 1 rings (SSSR count). The van der Waals surface area contributed by atoms with Gasteiger partial charge in [-0.05, 0) is 24.6 Å². The highest BCUT2D eigenvalue weighted by molar-refractivity contribution is 5.51. The molecule has 0 bridgehead atoms. The van der Waals surface area contributed by atoms with E-state index in [1.165, 1.54) is 0 Å². The maximum absolute atomic E-state index is 10.3. The second kappa shape index (κ2) is 4.19. The lowest BCUT2D eigenvalue weighted by atomic mass is 9.94. The van der Waals surface area contributed by atoms with Gasteiger partial charge < -0.3 is 15.6 Å². The van der Waals surface area contributed by atoms with E-state index >= 15 is 0 Å². The highest BCUT2D eigenvalue weighted by atomic mass is 16.3. The Hall–Kier alpha value is -1.42. The fraction of sp³-hybridized carbons (Fsp3) is 0.400. The van der Waals surface area contributed by atoms with Crippen LogP contribution in [-0.4, -0.2) is 22.0 Å². The number of aliphatic hydroxyl groups is 1. The molecule has 0 spiro atoms. The zero-order valence-electron chi connectivity index (χ0n) is 8.10. The predicted molar refractivity (Wildman–Crippen MR) is 53.7 cm³/mol. The highest BCUT2D eigenvalue weighted by Gasteiger charge is 2.20. The molecule has 0 aromatic carbocycles. The second-order valence-corrected chi connectivity index (χ2v) is 3.63. The number of carbonyl (C=O) groups is 1. The summed E-state index contributed by atoms with van der Waals surface area (Å²) in [4.78, 5) is 14.1. The van der Waals surface area contributed by atoms with E-state index in [1.54, 1.807) is 25.3 Å². The number of nitrogens with zero attached hydrogens (tertiary/aromatic N) is 1. The van der Waals surface area contributed by atoms with E-state index in [-0.39, 0.29) is 6.42 Å². The molecule has 0 fully saturated rings. The molecule has 1 atom stereocenters. The first-order valence-electron chi connectivity index (χ1n) is 4.40. The molecule has 0 amide bonds. The fourth-order valence-electron chi connectivity index (χ4n) is 1.30. The number of nitrogens with two attached hydrogens (primary N) is 1. The lowest BCUT2D eigenvalue weighted by Crippen LogP contribution is -2.27. The third-order valence-corrected chi connectivity index (χ3v) is 1.95. The molecule has 0 saturated carbocycles. The Morgan fingerprint density at radius 3 is 3.00 bits per heavy atom. The number of rotatable bonds is 4. The van der Waals surface area contributed by atoms with E-state index in [9.17, 15) is 9.90 Å². The van der Waals surface area contributed by atoms with Crippen molar-refractivity contribution >= 4 is 12.1 Å². The van der Waals surface area contributed by atoms with Crippen molar-refractivity contribution in [2.45, 2.75) is 25.4 Å². The Bertz CT molecular complexity index is 324. The van der Waals surface area contributed by atoms with Crippen molar-refractivity contribution in [2.24, 2.45) is 0 Å². The standard InChI is InChI=1S/C10H14N2O2/c1-10(14,3-5-13)7-8-2-4-12-9(11)6-8/h2,4-6,14H,3,7H2,1H3,(H2,11,12). The van der Waals surface area contributed by atoms with Gasteiger partial charge in [0, 0.05) is 19.0 Å². The average Bonchev–Trinajstić information content (AvgIpc) is 2.02. The summed E-state index contributed by atoms with van der Waals surface area (Å²) in [5, 5.41) is 9.77. The van der Waals surface area contributed by atoms with Gasteiger partial charge in [0.25, 0.3) is 0 Å². The summed E-state index contributed by atoms with van der Waals surface area (Å²) in [6.45, 7) is 1.62. The molecule has 4 nitrogen and oxygen atoms in total. The number of hydrogen-bond donors (Lipinski definition) is 2. The first-order valence-corrected chi connectivity index (χ1v) is 4.40. The fourth-order valence-corrected chi connectivity index (χ4v) is 1.30. The number of pyridine rings is 1. The molecular weight excluding hydrogens is 180 g/mol. The summed E-state index contributed by atoms with van der Waals surface area (Å²) in [7, 11) is 0. The third-order valence-electron chi connectivity index (χ3n) is 1.95. The van der Waals surface area contributed by atoms with Crippen molar-refractivity contribution in [3.8, 4) is 0 Å². The average molecular weight is 194 g/mol. The van der Waals surface area contributed by atoms with Crippen molar-refractivity contribution in [1.29, 1.82) is 0 Å². The smallest absolute Gasteiger partial charge is 0.123 e. The van der Waals surface area contributed by atoms with Crippen LogP contribution in [0.4, 0.5) is 5.82 Å². The number of aldehydes is 1. The van der Waals surface area contributed by atoms with Gasteiger partial charge in [0.05, 0.1) is 5.60 Å². The first-order chi connectivity index (χ1) is 6.53. The molecule has 14 heavy (non-hydrogen) atoms. The summed E-state index contributed by atoms with van der Waals surface area (Å²) >= 11 is 0. The van der Waals surface area contributed by atoms with Crippen LogP contribution in [0.5, 0.6) is 0 Å². The Balaban J connectivity index is 2.72. The lowest BCUT2D eigenvalue weighted by Gasteiger charge is -2.20. The SMILES string of the molecule is CC(O)(CC=O)Cc1ccnc(N)c1. The zero-order chi connectivity index (χ0) is 10.6. The Morgan fingerprint density at radius 1 is 1.71 bits per heavy atom. The molecule has 0 aliphatic heterocycles. The first kappa shape index (κ1) is 10.7. The van der Waals surface area contributed by atoms with Gasteiger partial charge in [0.15, 0.2) is 0 Å². The monoisotopic (exact) mass is 194 g/mol. The van der Waals surface area contributed by atoms with Crippen LogP contribution in [0.15, 0.2) is 18.3 Å². The molecular formula is C10H14N2O2. The number of carbonyl (C=O) groups excluding carboxylic acids is 1. The summed E-state index contributed by atoms with van der Waals surface area (Å²) in [5.74, 6) is 0.421. The summed E-state index contributed by atoms with van der Waals surface area (Å²) in [5.41, 5.74) is 5.36. The molecule has 4 heteroatoms. The predicted octanol–water partition coefficient (Wildman–Crippen LogP) is 0.546.